The van der Waals surface area contributed by atoms with Crippen molar-refractivity contribution in [2.24, 2.45) is 5.92 Å². The summed E-state index contributed by atoms with van der Waals surface area (Å²) in [6.45, 7) is 6.49. The molecule has 1 heterocycles. The second-order valence-corrected chi connectivity index (χ2v) is 5.91. The van der Waals surface area contributed by atoms with Crippen LogP contribution in [0.15, 0.2) is 18.2 Å². The van der Waals surface area contributed by atoms with Crippen molar-refractivity contribution in [1.29, 1.82) is 0 Å². The fourth-order valence-electron chi connectivity index (χ4n) is 2.92. The number of rotatable bonds is 4. The van der Waals surface area contributed by atoms with Crippen molar-refractivity contribution in [3.63, 3.8) is 0 Å². The molecule has 1 fully saturated rings. The van der Waals surface area contributed by atoms with E-state index in [1.54, 1.807) is 0 Å². The van der Waals surface area contributed by atoms with E-state index in [2.05, 4.69) is 18.7 Å². The van der Waals surface area contributed by atoms with Crippen LogP contribution in [0.2, 0.25) is 0 Å². The maximum atomic E-state index is 9.42. The first kappa shape index (κ1) is 15.4. The Labute approximate surface area is 121 Å². The smallest absolute Gasteiger partial charge is 0.492 e. The van der Waals surface area contributed by atoms with Crippen LogP contribution in [0.25, 0.3) is 0 Å². The van der Waals surface area contributed by atoms with Gasteiger partial charge in [-0.3, -0.25) is 4.90 Å². The molecule has 2 N–H and O–H groups in total. The lowest BCUT2D eigenvalue weighted by Gasteiger charge is -2.36. The van der Waals surface area contributed by atoms with Gasteiger partial charge in [-0.05, 0) is 37.3 Å². The molecule has 0 spiro atoms. The third-order valence-corrected chi connectivity index (χ3v) is 4.20. The summed E-state index contributed by atoms with van der Waals surface area (Å²) in [5, 5.41) is 18.8. The molecule has 4 nitrogen and oxygen atoms in total. The summed E-state index contributed by atoms with van der Waals surface area (Å²) in [6, 6.07) is 6.21. The topological polar surface area (TPSA) is 52.9 Å². The molecular weight excluding hydrogens is 253 g/mol. The molecule has 1 saturated heterocycles. The number of likely N-dealkylation sites (tertiary alicyclic amines) is 1. The Morgan fingerprint density at radius 1 is 1.30 bits per heavy atom. The van der Waals surface area contributed by atoms with Gasteiger partial charge in [0.25, 0.3) is 0 Å². The number of methoxy groups -OCH3 is 1. The first-order valence-corrected chi connectivity index (χ1v) is 7.28. The highest BCUT2D eigenvalue weighted by Crippen LogP contribution is 2.23. The Morgan fingerprint density at radius 2 is 2.05 bits per heavy atom. The van der Waals surface area contributed by atoms with Crippen molar-refractivity contribution < 1.29 is 14.8 Å². The molecule has 0 aromatic heterocycles. The Kier molecular flexibility index (Phi) is 5.08. The summed E-state index contributed by atoms with van der Waals surface area (Å²) < 4.78 is 5.16. The molecule has 0 amide bonds. The molecule has 1 aliphatic heterocycles. The van der Waals surface area contributed by atoms with E-state index < -0.39 is 7.12 Å². The summed E-state index contributed by atoms with van der Waals surface area (Å²) >= 11 is 0. The molecule has 1 aromatic carbocycles. The fraction of sp³-hybridized carbons (Fsp3) is 0.600. The summed E-state index contributed by atoms with van der Waals surface area (Å²) in [4.78, 5) is 2.46. The van der Waals surface area contributed by atoms with Gasteiger partial charge in [-0.15, -0.1) is 0 Å². The van der Waals surface area contributed by atoms with Crippen LogP contribution in [0.4, 0.5) is 0 Å². The highest BCUT2D eigenvalue weighted by Gasteiger charge is 2.24. The summed E-state index contributed by atoms with van der Waals surface area (Å²) in [7, 11) is 0.0394. The molecule has 1 aliphatic rings. The van der Waals surface area contributed by atoms with E-state index in [4.69, 9.17) is 4.74 Å². The Morgan fingerprint density at radius 3 is 2.70 bits per heavy atom. The average Bonchev–Trinajstić information content (AvgIpc) is 2.42. The summed E-state index contributed by atoms with van der Waals surface area (Å²) in [5.74, 6) is 1.25. The van der Waals surface area contributed by atoms with Gasteiger partial charge in [0, 0.05) is 24.6 Å². The number of piperidine rings is 1. The third-order valence-electron chi connectivity index (χ3n) is 4.20. The van der Waals surface area contributed by atoms with Crippen LogP contribution in [-0.4, -0.2) is 41.8 Å². The molecule has 0 radical (unpaired) electrons. The van der Waals surface area contributed by atoms with Crippen LogP contribution >= 0.6 is 0 Å². The van der Waals surface area contributed by atoms with Crippen LogP contribution in [0.3, 0.4) is 0 Å². The lowest BCUT2D eigenvalue weighted by Crippen LogP contribution is -2.40. The first-order chi connectivity index (χ1) is 9.51. The number of benzene rings is 1. The van der Waals surface area contributed by atoms with E-state index in [1.165, 1.54) is 20.0 Å². The molecular formula is C15H24BNO3. The minimum absolute atomic E-state index is 0.433. The fourth-order valence-corrected chi connectivity index (χ4v) is 2.92. The van der Waals surface area contributed by atoms with Gasteiger partial charge < -0.3 is 14.8 Å². The van der Waals surface area contributed by atoms with Gasteiger partial charge in [-0.2, -0.15) is 0 Å². The third kappa shape index (κ3) is 3.54. The van der Waals surface area contributed by atoms with Crippen molar-refractivity contribution in [2.75, 3.05) is 13.7 Å². The molecule has 0 bridgehead atoms. The predicted molar refractivity (Wildman–Crippen MR) is 81.1 cm³/mol. The van der Waals surface area contributed by atoms with E-state index in [0.29, 0.717) is 17.3 Å². The van der Waals surface area contributed by atoms with Crippen molar-refractivity contribution in [3.8, 4) is 5.75 Å². The average molecular weight is 277 g/mol. The monoisotopic (exact) mass is 277 g/mol. The number of nitrogens with zero attached hydrogens (tertiary/aromatic N) is 1. The molecule has 110 valence electrons. The normalized spacial score (nSPS) is 23.6. The lowest BCUT2D eigenvalue weighted by molar-refractivity contribution is 0.117. The van der Waals surface area contributed by atoms with Gasteiger partial charge >= 0.3 is 7.12 Å². The lowest BCUT2D eigenvalue weighted by atomic mass is 9.78. The number of hydrogen-bond acceptors (Lipinski definition) is 4. The Hall–Kier alpha value is -1.04. The number of ether oxygens (including phenoxy) is 1. The highest BCUT2D eigenvalue weighted by atomic mass is 16.5. The molecule has 2 unspecified atom stereocenters. The van der Waals surface area contributed by atoms with E-state index >= 15 is 0 Å². The molecule has 1 aromatic rings. The van der Waals surface area contributed by atoms with E-state index in [0.717, 1.165) is 24.6 Å². The van der Waals surface area contributed by atoms with Gasteiger partial charge in [0.05, 0.1) is 7.11 Å². The second-order valence-electron chi connectivity index (χ2n) is 5.91. The minimum atomic E-state index is -1.50. The largest absolute Gasteiger partial charge is 0.497 e. The van der Waals surface area contributed by atoms with Crippen LogP contribution < -0.4 is 10.2 Å². The zero-order chi connectivity index (χ0) is 14.7. The van der Waals surface area contributed by atoms with Gasteiger partial charge in [0.1, 0.15) is 5.75 Å². The molecule has 5 heteroatoms. The van der Waals surface area contributed by atoms with Crippen molar-refractivity contribution in [3.05, 3.63) is 23.8 Å². The van der Waals surface area contributed by atoms with Crippen LogP contribution in [0.1, 0.15) is 32.3 Å². The van der Waals surface area contributed by atoms with E-state index in [-0.39, 0.29) is 0 Å². The van der Waals surface area contributed by atoms with Crippen molar-refractivity contribution in [2.45, 2.75) is 39.3 Å². The first-order valence-electron chi connectivity index (χ1n) is 7.28. The molecule has 0 saturated carbocycles. The van der Waals surface area contributed by atoms with E-state index in [9.17, 15) is 10.0 Å². The SMILES string of the molecule is COc1ccc(CN2CC(C)CCC2C)cc1B(O)O. The van der Waals surface area contributed by atoms with Crippen LogP contribution in [-0.2, 0) is 6.54 Å². The summed E-state index contributed by atoms with van der Waals surface area (Å²) in [5.41, 5.74) is 1.53. The standard InChI is InChI=1S/C15H24BNO3/c1-11-4-5-12(2)17(9-11)10-13-6-7-15(20-3)14(8-13)16(18)19/h6-8,11-12,18-19H,4-5,9-10H2,1-3H3. The van der Waals surface area contributed by atoms with Crippen molar-refractivity contribution in [1.82, 2.24) is 4.90 Å². The van der Waals surface area contributed by atoms with Gasteiger partial charge in [-0.25, -0.2) is 0 Å². The highest BCUT2D eigenvalue weighted by molar-refractivity contribution is 6.59. The quantitative estimate of drug-likeness (QED) is 0.806. The van der Waals surface area contributed by atoms with Gasteiger partial charge in [0.2, 0.25) is 0 Å². The molecule has 0 aliphatic carbocycles. The predicted octanol–water partition coefficient (Wildman–Crippen LogP) is 0.995. The summed E-state index contributed by atoms with van der Waals surface area (Å²) in [6.07, 6.45) is 2.52. The second kappa shape index (κ2) is 6.61. The minimum Gasteiger partial charge on any atom is -0.497 e. The van der Waals surface area contributed by atoms with Crippen molar-refractivity contribution >= 4 is 12.6 Å². The van der Waals surface area contributed by atoms with E-state index in [1.807, 2.05) is 18.2 Å². The van der Waals surface area contributed by atoms with Gasteiger partial charge in [0.15, 0.2) is 0 Å². The molecule has 2 rings (SSSR count). The number of hydrogen-bond donors (Lipinski definition) is 2. The zero-order valence-electron chi connectivity index (χ0n) is 12.5. The molecule has 2 atom stereocenters. The maximum absolute atomic E-state index is 9.42. The van der Waals surface area contributed by atoms with Gasteiger partial charge in [-0.1, -0.05) is 19.1 Å². The Balaban J connectivity index is 2.14. The zero-order valence-corrected chi connectivity index (χ0v) is 12.5. The Bertz CT molecular complexity index is 453. The molecule has 20 heavy (non-hydrogen) atoms. The maximum Gasteiger partial charge on any atom is 0.492 e. The van der Waals surface area contributed by atoms with Crippen LogP contribution in [0, 0.1) is 5.92 Å². The van der Waals surface area contributed by atoms with Crippen LogP contribution in [0.5, 0.6) is 5.75 Å².